The molecule has 0 unspecified atom stereocenters. The molecule has 1 aliphatic rings. The van der Waals surface area contributed by atoms with E-state index in [1.165, 1.54) is 21.2 Å². The molecular formula is C21H28N2O5S2. The largest absolute Gasteiger partial charge is 0.493 e. The minimum atomic E-state index is -3.49. The van der Waals surface area contributed by atoms with Gasteiger partial charge in [0.25, 0.3) is 10.0 Å². The van der Waals surface area contributed by atoms with Crippen LogP contribution in [0, 0.1) is 0 Å². The van der Waals surface area contributed by atoms with Crippen LogP contribution >= 0.6 is 11.3 Å². The Morgan fingerprint density at radius 2 is 1.87 bits per heavy atom. The van der Waals surface area contributed by atoms with Crippen LogP contribution < -0.4 is 10.1 Å². The quantitative estimate of drug-likeness (QED) is 0.632. The summed E-state index contributed by atoms with van der Waals surface area (Å²) in [6.07, 6.45) is 0.232. The van der Waals surface area contributed by atoms with E-state index < -0.39 is 10.0 Å². The van der Waals surface area contributed by atoms with Gasteiger partial charge in [-0.2, -0.15) is 4.31 Å². The second kappa shape index (κ2) is 10.4. The molecule has 164 valence electrons. The molecule has 3 rings (SSSR count). The second-order valence-corrected chi connectivity index (χ2v) is 10.7. The number of amides is 1. The van der Waals surface area contributed by atoms with Gasteiger partial charge >= 0.3 is 0 Å². The standard InChI is InChI=1S/C21H28N2O5S2/c1-16(2)17-3-5-18(6-4-17)28-12-9-20(24)22-15-19-7-8-21(29-19)30(25,26)23-10-13-27-14-11-23/h3-8,16H,9-15H2,1-2H3,(H,22,24). The highest BCUT2D eigenvalue weighted by atomic mass is 32.2. The first kappa shape index (κ1) is 22.7. The minimum absolute atomic E-state index is 0.139. The maximum atomic E-state index is 12.6. The first-order valence-corrected chi connectivity index (χ1v) is 12.3. The molecule has 9 heteroatoms. The van der Waals surface area contributed by atoms with Crippen LogP contribution in [-0.2, 0) is 26.1 Å². The lowest BCUT2D eigenvalue weighted by Gasteiger charge is -2.25. The Morgan fingerprint density at radius 1 is 1.17 bits per heavy atom. The molecule has 0 aliphatic carbocycles. The highest BCUT2D eigenvalue weighted by molar-refractivity contribution is 7.91. The minimum Gasteiger partial charge on any atom is -0.493 e. The Hall–Kier alpha value is -1.94. The second-order valence-electron chi connectivity index (χ2n) is 7.34. The van der Waals surface area contributed by atoms with Gasteiger partial charge in [-0.3, -0.25) is 4.79 Å². The zero-order valence-electron chi connectivity index (χ0n) is 17.3. The van der Waals surface area contributed by atoms with Crippen molar-refractivity contribution in [2.24, 2.45) is 0 Å². The van der Waals surface area contributed by atoms with Gasteiger partial charge in [-0.25, -0.2) is 8.42 Å². The van der Waals surface area contributed by atoms with Gasteiger partial charge in [0.2, 0.25) is 5.91 Å². The molecule has 1 aromatic carbocycles. The predicted octanol–water partition coefficient (Wildman–Crippen LogP) is 2.98. The van der Waals surface area contributed by atoms with E-state index >= 15 is 0 Å². The molecule has 1 amide bonds. The maximum absolute atomic E-state index is 12.6. The summed E-state index contributed by atoms with van der Waals surface area (Å²) in [7, 11) is -3.49. The smallest absolute Gasteiger partial charge is 0.252 e. The number of rotatable bonds is 9. The van der Waals surface area contributed by atoms with E-state index in [0.717, 1.165) is 10.6 Å². The van der Waals surface area contributed by atoms with Crippen LogP contribution in [0.25, 0.3) is 0 Å². The van der Waals surface area contributed by atoms with Crippen LogP contribution in [0.15, 0.2) is 40.6 Å². The molecule has 0 saturated carbocycles. The van der Waals surface area contributed by atoms with E-state index in [4.69, 9.17) is 9.47 Å². The molecule has 1 aliphatic heterocycles. The summed E-state index contributed by atoms with van der Waals surface area (Å²) >= 11 is 1.18. The van der Waals surface area contributed by atoms with E-state index in [2.05, 4.69) is 19.2 Å². The fraction of sp³-hybridized carbons (Fsp3) is 0.476. The molecular weight excluding hydrogens is 424 g/mol. The van der Waals surface area contributed by atoms with E-state index in [9.17, 15) is 13.2 Å². The Kier molecular flexibility index (Phi) is 7.87. The van der Waals surface area contributed by atoms with Crippen molar-refractivity contribution in [3.8, 4) is 5.75 Å². The summed E-state index contributed by atoms with van der Waals surface area (Å²) in [5, 5.41) is 2.82. The number of hydrogen-bond acceptors (Lipinski definition) is 6. The van der Waals surface area contributed by atoms with Gasteiger partial charge < -0.3 is 14.8 Å². The zero-order valence-corrected chi connectivity index (χ0v) is 18.9. The number of carbonyl (C=O) groups excluding carboxylic acids is 1. The van der Waals surface area contributed by atoms with Gasteiger partial charge in [0, 0.05) is 18.0 Å². The van der Waals surface area contributed by atoms with Crippen LogP contribution in [0.5, 0.6) is 5.75 Å². The number of nitrogens with zero attached hydrogens (tertiary/aromatic N) is 1. The Morgan fingerprint density at radius 3 is 2.53 bits per heavy atom. The van der Waals surface area contributed by atoms with Crippen LogP contribution in [0.2, 0.25) is 0 Å². The number of hydrogen-bond donors (Lipinski definition) is 1. The molecule has 1 saturated heterocycles. The monoisotopic (exact) mass is 452 g/mol. The molecule has 1 fully saturated rings. The number of carbonyl (C=O) groups is 1. The average Bonchev–Trinajstić information content (AvgIpc) is 3.23. The Bertz CT molecular complexity index is 933. The summed E-state index contributed by atoms with van der Waals surface area (Å²) in [4.78, 5) is 12.9. The van der Waals surface area contributed by atoms with Crippen LogP contribution in [-0.4, -0.2) is 51.5 Å². The van der Waals surface area contributed by atoms with E-state index in [1.54, 1.807) is 12.1 Å². The first-order valence-electron chi connectivity index (χ1n) is 10.0. The van der Waals surface area contributed by atoms with Gasteiger partial charge in [-0.05, 0) is 35.7 Å². The highest BCUT2D eigenvalue weighted by Gasteiger charge is 2.27. The third-order valence-electron chi connectivity index (χ3n) is 4.81. The molecule has 0 spiro atoms. The fourth-order valence-corrected chi connectivity index (χ4v) is 5.85. The van der Waals surface area contributed by atoms with Crippen molar-refractivity contribution in [1.29, 1.82) is 0 Å². The molecule has 30 heavy (non-hydrogen) atoms. The van der Waals surface area contributed by atoms with Crippen molar-refractivity contribution < 1.29 is 22.7 Å². The third kappa shape index (κ3) is 6.04. The van der Waals surface area contributed by atoms with Crippen LogP contribution in [0.4, 0.5) is 0 Å². The summed E-state index contributed by atoms with van der Waals surface area (Å²) in [5.41, 5.74) is 1.24. The molecule has 0 bridgehead atoms. The fourth-order valence-electron chi connectivity index (χ4n) is 2.99. The SMILES string of the molecule is CC(C)c1ccc(OCCC(=O)NCc2ccc(S(=O)(=O)N3CCOCC3)s2)cc1. The number of nitrogens with one attached hydrogen (secondary N) is 1. The molecule has 1 aromatic heterocycles. The van der Waals surface area contributed by atoms with E-state index in [-0.39, 0.29) is 18.9 Å². The lowest BCUT2D eigenvalue weighted by Crippen LogP contribution is -2.40. The van der Waals surface area contributed by atoms with Crippen molar-refractivity contribution in [2.45, 2.75) is 36.9 Å². The molecule has 0 atom stereocenters. The highest BCUT2D eigenvalue weighted by Crippen LogP contribution is 2.25. The lowest BCUT2D eigenvalue weighted by molar-refractivity contribution is -0.121. The van der Waals surface area contributed by atoms with E-state index in [0.29, 0.717) is 43.0 Å². The van der Waals surface area contributed by atoms with Crippen molar-refractivity contribution in [2.75, 3.05) is 32.9 Å². The normalized spacial score (nSPS) is 15.3. The summed E-state index contributed by atoms with van der Waals surface area (Å²) in [6, 6.07) is 11.2. The predicted molar refractivity (Wildman–Crippen MR) is 116 cm³/mol. The van der Waals surface area contributed by atoms with Crippen molar-refractivity contribution in [1.82, 2.24) is 9.62 Å². The van der Waals surface area contributed by atoms with Crippen molar-refractivity contribution in [3.63, 3.8) is 0 Å². The number of sulfonamides is 1. The van der Waals surface area contributed by atoms with Crippen LogP contribution in [0.1, 0.15) is 36.6 Å². The van der Waals surface area contributed by atoms with Crippen molar-refractivity contribution in [3.05, 3.63) is 46.8 Å². The first-order chi connectivity index (χ1) is 14.4. The Labute approximate surface area is 182 Å². The number of benzene rings is 1. The molecule has 7 nitrogen and oxygen atoms in total. The summed E-state index contributed by atoms with van der Waals surface area (Å²) in [6.45, 7) is 6.41. The maximum Gasteiger partial charge on any atom is 0.252 e. The van der Waals surface area contributed by atoms with Gasteiger partial charge in [-0.15, -0.1) is 11.3 Å². The number of ether oxygens (including phenoxy) is 2. The molecule has 1 N–H and O–H groups in total. The van der Waals surface area contributed by atoms with Crippen molar-refractivity contribution >= 4 is 27.3 Å². The van der Waals surface area contributed by atoms with Gasteiger partial charge in [-0.1, -0.05) is 26.0 Å². The van der Waals surface area contributed by atoms with Gasteiger partial charge in [0.05, 0.1) is 32.8 Å². The molecule has 2 heterocycles. The third-order valence-corrected chi connectivity index (χ3v) is 8.26. The summed E-state index contributed by atoms with van der Waals surface area (Å²) < 4.78 is 37.9. The summed E-state index contributed by atoms with van der Waals surface area (Å²) in [5.74, 6) is 1.06. The Balaban J connectivity index is 1.43. The van der Waals surface area contributed by atoms with E-state index in [1.807, 2.05) is 24.3 Å². The van der Waals surface area contributed by atoms with Crippen LogP contribution in [0.3, 0.4) is 0 Å². The number of thiophene rings is 1. The topological polar surface area (TPSA) is 84.9 Å². The van der Waals surface area contributed by atoms with Gasteiger partial charge in [0.15, 0.2) is 0 Å². The molecule has 0 radical (unpaired) electrons. The average molecular weight is 453 g/mol. The number of morpholine rings is 1. The zero-order chi connectivity index (χ0) is 21.6. The lowest BCUT2D eigenvalue weighted by atomic mass is 10.0. The molecule has 2 aromatic rings. The van der Waals surface area contributed by atoms with Gasteiger partial charge in [0.1, 0.15) is 9.96 Å².